The molecule has 0 heterocycles. The van der Waals surface area contributed by atoms with E-state index in [1.165, 1.54) is 6.20 Å². The van der Waals surface area contributed by atoms with Gasteiger partial charge in [0.1, 0.15) is 5.70 Å². The minimum atomic E-state index is -0.401. The summed E-state index contributed by atoms with van der Waals surface area (Å²) in [4.78, 5) is 13.3. The molecule has 1 amide bonds. The molecule has 5 nitrogen and oxygen atoms in total. The standard InChI is InChI=1S/C11H15N3O2/c1-14(2)8-10(13-16)11(15)12-9-6-4-3-5-7-9/h3-8,13,16H,1-2H3,(H,12,15). The summed E-state index contributed by atoms with van der Waals surface area (Å²) in [6.07, 6.45) is 1.48. The van der Waals surface area contributed by atoms with Crippen molar-refractivity contribution < 1.29 is 10.0 Å². The Kier molecular flexibility index (Phi) is 4.35. The number of hydrogen-bond donors (Lipinski definition) is 3. The molecule has 1 rings (SSSR count). The first-order valence-corrected chi connectivity index (χ1v) is 4.78. The van der Waals surface area contributed by atoms with Gasteiger partial charge in [0.15, 0.2) is 0 Å². The average Bonchev–Trinajstić information content (AvgIpc) is 2.26. The van der Waals surface area contributed by atoms with Crippen LogP contribution in [0.5, 0.6) is 0 Å². The average molecular weight is 221 g/mol. The molecule has 0 unspecified atom stereocenters. The first kappa shape index (κ1) is 12.1. The maximum absolute atomic E-state index is 11.7. The fourth-order valence-electron chi connectivity index (χ4n) is 1.12. The van der Waals surface area contributed by atoms with Crippen molar-refractivity contribution in [1.29, 1.82) is 0 Å². The second kappa shape index (κ2) is 5.77. The lowest BCUT2D eigenvalue weighted by Gasteiger charge is -2.10. The summed E-state index contributed by atoms with van der Waals surface area (Å²) >= 11 is 0. The molecular formula is C11H15N3O2. The molecule has 0 bridgehead atoms. The summed E-state index contributed by atoms with van der Waals surface area (Å²) in [6, 6.07) is 9.02. The van der Waals surface area contributed by atoms with Gasteiger partial charge in [-0.1, -0.05) is 18.2 Å². The summed E-state index contributed by atoms with van der Waals surface area (Å²) in [7, 11) is 3.51. The van der Waals surface area contributed by atoms with Gasteiger partial charge in [-0.05, 0) is 12.1 Å². The Bertz CT molecular complexity index is 374. The quantitative estimate of drug-likeness (QED) is 0.524. The van der Waals surface area contributed by atoms with Gasteiger partial charge in [0.05, 0.1) is 0 Å². The molecule has 0 spiro atoms. The van der Waals surface area contributed by atoms with E-state index in [0.717, 1.165) is 0 Å². The van der Waals surface area contributed by atoms with Crippen LogP contribution in [0.15, 0.2) is 42.2 Å². The monoisotopic (exact) mass is 221 g/mol. The van der Waals surface area contributed by atoms with Gasteiger partial charge in [0.25, 0.3) is 5.91 Å². The van der Waals surface area contributed by atoms with Gasteiger partial charge in [-0.15, -0.1) is 0 Å². The SMILES string of the molecule is CN(C)C=C(NO)C(=O)Nc1ccccc1. The van der Waals surface area contributed by atoms with Crippen LogP contribution in [0.2, 0.25) is 0 Å². The molecule has 0 saturated heterocycles. The number of para-hydroxylation sites is 1. The smallest absolute Gasteiger partial charge is 0.275 e. The number of benzene rings is 1. The fraction of sp³-hybridized carbons (Fsp3) is 0.182. The Hall–Kier alpha value is -2.01. The molecule has 0 atom stereocenters. The normalized spacial score (nSPS) is 10.8. The first-order chi connectivity index (χ1) is 7.63. The number of carbonyl (C=O) groups is 1. The van der Waals surface area contributed by atoms with Gasteiger partial charge in [-0.25, -0.2) is 0 Å². The van der Waals surface area contributed by atoms with Crippen LogP contribution < -0.4 is 10.8 Å². The van der Waals surface area contributed by atoms with E-state index in [2.05, 4.69) is 5.32 Å². The van der Waals surface area contributed by atoms with Crippen molar-refractivity contribution in [2.75, 3.05) is 19.4 Å². The van der Waals surface area contributed by atoms with Gasteiger partial charge in [-0.2, -0.15) is 0 Å². The Morgan fingerprint density at radius 2 is 1.94 bits per heavy atom. The predicted octanol–water partition coefficient (Wildman–Crippen LogP) is 1.01. The zero-order valence-electron chi connectivity index (χ0n) is 9.27. The minimum Gasteiger partial charge on any atom is -0.382 e. The van der Waals surface area contributed by atoms with Crippen LogP contribution in [0.4, 0.5) is 5.69 Å². The number of rotatable bonds is 4. The van der Waals surface area contributed by atoms with Crippen LogP contribution in [0, 0.1) is 0 Å². The second-order valence-electron chi connectivity index (χ2n) is 3.44. The summed E-state index contributed by atoms with van der Waals surface area (Å²) in [5.74, 6) is -0.401. The Labute approximate surface area is 94.3 Å². The molecule has 5 heteroatoms. The zero-order chi connectivity index (χ0) is 12.0. The predicted molar refractivity (Wildman–Crippen MR) is 61.8 cm³/mol. The molecule has 16 heavy (non-hydrogen) atoms. The highest BCUT2D eigenvalue weighted by Gasteiger charge is 2.08. The molecule has 3 N–H and O–H groups in total. The Balaban J connectivity index is 2.71. The third-order valence-electron chi connectivity index (χ3n) is 1.78. The maximum Gasteiger partial charge on any atom is 0.275 e. The number of hydrogen-bond acceptors (Lipinski definition) is 4. The van der Waals surface area contributed by atoms with Crippen molar-refractivity contribution in [3.63, 3.8) is 0 Å². The van der Waals surface area contributed by atoms with Gasteiger partial charge in [0.2, 0.25) is 0 Å². The van der Waals surface area contributed by atoms with Crippen molar-refractivity contribution in [2.24, 2.45) is 0 Å². The summed E-state index contributed by atoms with van der Waals surface area (Å²) in [5, 5.41) is 11.5. The van der Waals surface area contributed by atoms with Crippen LogP contribution in [0.25, 0.3) is 0 Å². The molecule has 0 aliphatic carbocycles. The highest BCUT2D eigenvalue weighted by Crippen LogP contribution is 2.06. The molecule has 0 aliphatic heterocycles. The topological polar surface area (TPSA) is 64.6 Å². The maximum atomic E-state index is 11.7. The molecule has 86 valence electrons. The largest absolute Gasteiger partial charge is 0.382 e. The summed E-state index contributed by atoms with van der Waals surface area (Å²) in [5.41, 5.74) is 2.61. The van der Waals surface area contributed by atoms with Crippen molar-refractivity contribution in [3.8, 4) is 0 Å². The zero-order valence-corrected chi connectivity index (χ0v) is 9.27. The Morgan fingerprint density at radius 1 is 1.31 bits per heavy atom. The third-order valence-corrected chi connectivity index (χ3v) is 1.78. The number of amides is 1. The number of hydroxylamine groups is 1. The van der Waals surface area contributed by atoms with Crippen molar-refractivity contribution in [1.82, 2.24) is 10.4 Å². The molecule has 0 aromatic heterocycles. The lowest BCUT2D eigenvalue weighted by Crippen LogP contribution is -2.25. The highest BCUT2D eigenvalue weighted by molar-refractivity contribution is 6.02. The number of nitrogens with one attached hydrogen (secondary N) is 2. The summed E-state index contributed by atoms with van der Waals surface area (Å²) < 4.78 is 0. The first-order valence-electron chi connectivity index (χ1n) is 4.78. The van der Waals surface area contributed by atoms with Gasteiger partial charge in [0, 0.05) is 26.0 Å². The van der Waals surface area contributed by atoms with Gasteiger partial charge < -0.3 is 10.2 Å². The van der Waals surface area contributed by atoms with E-state index in [9.17, 15) is 4.79 Å². The molecule has 0 saturated carbocycles. The third kappa shape index (κ3) is 3.62. The van der Waals surface area contributed by atoms with E-state index in [-0.39, 0.29) is 5.70 Å². The van der Waals surface area contributed by atoms with Crippen LogP contribution in [-0.2, 0) is 4.79 Å². The van der Waals surface area contributed by atoms with Crippen LogP contribution in [0.1, 0.15) is 0 Å². The van der Waals surface area contributed by atoms with Crippen molar-refractivity contribution in [3.05, 3.63) is 42.2 Å². The number of anilines is 1. The van der Waals surface area contributed by atoms with E-state index in [1.54, 1.807) is 31.1 Å². The fourth-order valence-corrected chi connectivity index (χ4v) is 1.12. The number of nitrogens with zero attached hydrogens (tertiary/aromatic N) is 1. The second-order valence-corrected chi connectivity index (χ2v) is 3.44. The summed E-state index contributed by atoms with van der Waals surface area (Å²) in [6.45, 7) is 0. The van der Waals surface area contributed by atoms with E-state index >= 15 is 0 Å². The van der Waals surface area contributed by atoms with Crippen LogP contribution in [0.3, 0.4) is 0 Å². The molecule has 1 aromatic carbocycles. The van der Waals surface area contributed by atoms with Gasteiger partial charge >= 0.3 is 0 Å². The van der Waals surface area contributed by atoms with Crippen molar-refractivity contribution >= 4 is 11.6 Å². The molecule has 1 aromatic rings. The van der Waals surface area contributed by atoms with E-state index in [0.29, 0.717) is 5.69 Å². The van der Waals surface area contributed by atoms with E-state index in [4.69, 9.17) is 5.21 Å². The molecule has 0 fully saturated rings. The van der Waals surface area contributed by atoms with Crippen LogP contribution >= 0.6 is 0 Å². The van der Waals surface area contributed by atoms with E-state index < -0.39 is 5.91 Å². The van der Waals surface area contributed by atoms with E-state index in [1.807, 2.05) is 23.7 Å². The lowest BCUT2D eigenvalue weighted by atomic mass is 10.3. The molecule has 0 radical (unpaired) electrons. The lowest BCUT2D eigenvalue weighted by molar-refractivity contribution is -0.114. The van der Waals surface area contributed by atoms with Crippen LogP contribution in [-0.4, -0.2) is 30.1 Å². The molecule has 0 aliphatic rings. The van der Waals surface area contributed by atoms with Crippen molar-refractivity contribution in [2.45, 2.75) is 0 Å². The van der Waals surface area contributed by atoms with Gasteiger partial charge in [-0.3, -0.25) is 15.5 Å². The minimum absolute atomic E-state index is 0.0776. The number of carbonyl (C=O) groups excluding carboxylic acids is 1. The Morgan fingerprint density at radius 3 is 2.44 bits per heavy atom. The highest BCUT2D eigenvalue weighted by atomic mass is 16.5. The molecular weight excluding hydrogens is 206 g/mol.